The van der Waals surface area contributed by atoms with Crippen LogP contribution in [-0.4, -0.2) is 25.5 Å². The average Bonchev–Trinajstić information content (AvgIpc) is 2.57. The van der Waals surface area contributed by atoms with E-state index in [0.717, 1.165) is 5.56 Å². The Morgan fingerprint density at radius 3 is 2.40 bits per heavy atom. The van der Waals surface area contributed by atoms with Crippen molar-refractivity contribution in [1.29, 1.82) is 0 Å². The molecule has 2 aromatic carbocycles. The van der Waals surface area contributed by atoms with Gasteiger partial charge < -0.3 is 20.1 Å². The molecule has 132 valence electrons. The van der Waals surface area contributed by atoms with E-state index in [2.05, 4.69) is 10.6 Å². The third-order valence-electron chi connectivity index (χ3n) is 3.30. The molecule has 0 heterocycles. The molecule has 0 aliphatic rings. The van der Waals surface area contributed by atoms with Crippen LogP contribution in [0.4, 0.5) is 11.4 Å². The van der Waals surface area contributed by atoms with Gasteiger partial charge in [0.2, 0.25) is 5.91 Å². The maximum atomic E-state index is 12.1. The molecule has 6 nitrogen and oxygen atoms in total. The van der Waals surface area contributed by atoms with E-state index in [4.69, 9.17) is 21.1 Å². The number of anilines is 2. The predicted molar refractivity (Wildman–Crippen MR) is 97.6 cm³/mol. The Labute approximate surface area is 151 Å². The highest BCUT2D eigenvalue weighted by Gasteiger charge is 2.11. The van der Waals surface area contributed by atoms with Gasteiger partial charge >= 0.3 is 0 Å². The van der Waals surface area contributed by atoms with E-state index in [-0.39, 0.29) is 18.4 Å². The number of hydrogen-bond donors (Lipinski definition) is 2. The fourth-order valence-corrected chi connectivity index (χ4v) is 2.26. The van der Waals surface area contributed by atoms with E-state index in [0.29, 0.717) is 27.9 Å². The minimum atomic E-state index is -0.328. The zero-order valence-corrected chi connectivity index (χ0v) is 14.9. The van der Waals surface area contributed by atoms with Crippen molar-refractivity contribution >= 4 is 34.8 Å². The zero-order chi connectivity index (χ0) is 18.4. The minimum Gasteiger partial charge on any atom is -0.495 e. The van der Waals surface area contributed by atoms with Gasteiger partial charge in [-0.15, -0.1) is 0 Å². The van der Waals surface area contributed by atoms with Crippen molar-refractivity contribution in [3.8, 4) is 11.5 Å². The number of nitrogens with one attached hydrogen (secondary N) is 2. The maximum Gasteiger partial charge on any atom is 0.262 e. The van der Waals surface area contributed by atoms with Gasteiger partial charge in [0.15, 0.2) is 6.61 Å². The summed E-state index contributed by atoms with van der Waals surface area (Å²) >= 11 is 6.04. The van der Waals surface area contributed by atoms with Crippen molar-refractivity contribution in [2.24, 2.45) is 0 Å². The van der Waals surface area contributed by atoms with Crippen molar-refractivity contribution in [3.63, 3.8) is 0 Å². The molecular weight excluding hydrogens is 344 g/mol. The Hall–Kier alpha value is -2.73. The minimum absolute atomic E-state index is 0.153. The van der Waals surface area contributed by atoms with Gasteiger partial charge in [0.1, 0.15) is 11.5 Å². The molecule has 7 heteroatoms. The van der Waals surface area contributed by atoms with Crippen molar-refractivity contribution in [2.75, 3.05) is 24.4 Å². The molecule has 0 spiro atoms. The molecule has 0 aliphatic carbocycles. The zero-order valence-electron chi connectivity index (χ0n) is 14.2. The van der Waals surface area contributed by atoms with Gasteiger partial charge in [0, 0.05) is 23.7 Å². The topological polar surface area (TPSA) is 76.7 Å². The van der Waals surface area contributed by atoms with Crippen LogP contribution in [0.5, 0.6) is 11.5 Å². The molecule has 2 rings (SSSR count). The normalized spacial score (nSPS) is 10.1. The van der Waals surface area contributed by atoms with Gasteiger partial charge in [-0.1, -0.05) is 11.6 Å². The third kappa shape index (κ3) is 5.39. The lowest BCUT2D eigenvalue weighted by molar-refractivity contribution is -0.118. The smallest absolute Gasteiger partial charge is 0.262 e. The van der Waals surface area contributed by atoms with E-state index in [1.54, 1.807) is 36.4 Å². The number of aryl methyl sites for hydroxylation is 1. The summed E-state index contributed by atoms with van der Waals surface area (Å²) < 4.78 is 10.7. The van der Waals surface area contributed by atoms with E-state index < -0.39 is 0 Å². The largest absolute Gasteiger partial charge is 0.495 e. The van der Waals surface area contributed by atoms with Gasteiger partial charge in [-0.05, 0) is 42.8 Å². The highest BCUT2D eigenvalue weighted by molar-refractivity contribution is 6.31. The van der Waals surface area contributed by atoms with Crippen LogP contribution in [0.1, 0.15) is 12.5 Å². The molecule has 0 radical (unpaired) electrons. The summed E-state index contributed by atoms with van der Waals surface area (Å²) in [4.78, 5) is 23.1. The van der Waals surface area contributed by atoms with Gasteiger partial charge in [-0.25, -0.2) is 0 Å². The molecule has 2 aromatic rings. The molecule has 0 unspecified atom stereocenters. The number of carbonyl (C=O) groups excluding carboxylic acids is 2. The van der Waals surface area contributed by atoms with Crippen molar-refractivity contribution < 1.29 is 19.1 Å². The van der Waals surface area contributed by atoms with Crippen molar-refractivity contribution in [3.05, 3.63) is 47.0 Å². The maximum absolute atomic E-state index is 12.1. The van der Waals surface area contributed by atoms with Crippen LogP contribution in [0, 0.1) is 6.92 Å². The third-order valence-corrected chi connectivity index (χ3v) is 3.71. The lowest BCUT2D eigenvalue weighted by atomic mass is 10.2. The number of carbonyl (C=O) groups is 2. The van der Waals surface area contributed by atoms with E-state index >= 15 is 0 Å². The lowest BCUT2D eigenvalue weighted by Crippen LogP contribution is -2.20. The number of ether oxygens (including phenoxy) is 2. The van der Waals surface area contributed by atoms with Gasteiger partial charge in [-0.2, -0.15) is 0 Å². The molecule has 0 aliphatic heterocycles. The molecule has 0 saturated heterocycles. The molecule has 25 heavy (non-hydrogen) atoms. The van der Waals surface area contributed by atoms with Crippen LogP contribution in [-0.2, 0) is 9.59 Å². The fourth-order valence-electron chi connectivity index (χ4n) is 2.10. The Bertz CT molecular complexity index is 775. The molecule has 0 aromatic heterocycles. The number of halogens is 1. The molecule has 0 saturated carbocycles. The first-order valence-electron chi connectivity index (χ1n) is 7.53. The summed E-state index contributed by atoms with van der Waals surface area (Å²) in [6, 6.07) is 10.1. The monoisotopic (exact) mass is 362 g/mol. The van der Waals surface area contributed by atoms with Gasteiger partial charge in [-0.3, -0.25) is 9.59 Å². The van der Waals surface area contributed by atoms with Crippen molar-refractivity contribution in [1.82, 2.24) is 0 Å². The Morgan fingerprint density at radius 1 is 1.12 bits per heavy atom. The number of benzene rings is 2. The summed E-state index contributed by atoms with van der Waals surface area (Å²) in [7, 11) is 1.50. The van der Waals surface area contributed by atoms with E-state index in [1.165, 1.54) is 14.0 Å². The highest BCUT2D eigenvalue weighted by atomic mass is 35.5. The van der Waals surface area contributed by atoms with Crippen LogP contribution in [0.15, 0.2) is 36.4 Å². The molecule has 2 amide bonds. The van der Waals surface area contributed by atoms with E-state index in [1.807, 2.05) is 6.92 Å². The average molecular weight is 363 g/mol. The van der Waals surface area contributed by atoms with Crippen LogP contribution in [0.3, 0.4) is 0 Å². The summed E-state index contributed by atoms with van der Waals surface area (Å²) in [5.41, 5.74) is 2.01. The van der Waals surface area contributed by atoms with Crippen LogP contribution >= 0.6 is 11.6 Å². The number of amides is 2. The molecule has 0 atom stereocenters. The van der Waals surface area contributed by atoms with Gasteiger partial charge in [0.25, 0.3) is 5.91 Å². The Kier molecular flexibility index (Phi) is 6.25. The molecular formula is C18H19ClN2O4. The standard InChI is InChI=1S/C18H19ClN2O4/c1-11-8-16(17(24-3)9-15(11)19)21-18(23)10-25-14-6-4-13(5-7-14)20-12(2)22/h4-9H,10H2,1-3H3,(H,20,22)(H,21,23). The first-order chi connectivity index (χ1) is 11.9. The van der Waals surface area contributed by atoms with Gasteiger partial charge in [0.05, 0.1) is 12.8 Å². The molecule has 2 N–H and O–H groups in total. The predicted octanol–water partition coefficient (Wildman–Crippen LogP) is 3.63. The van der Waals surface area contributed by atoms with Crippen LogP contribution < -0.4 is 20.1 Å². The van der Waals surface area contributed by atoms with Crippen molar-refractivity contribution in [2.45, 2.75) is 13.8 Å². The summed E-state index contributed by atoms with van der Waals surface area (Å²) in [5.74, 6) is 0.512. The first kappa shape index (κ1) is 18.6. The summed E-state index contributed by atoms with van der Waals surface area (Å²) in [6.45, 7) is 3.11. The highest BCUT2D eigenvalue weighted by Crippen LogP contribution is 2.30. The number of rotatable bonds is 6. The second-order valence-corrected chi connectivity index (χ2v) is 5.75. The van der Waals surface area contributed by atoms with Crippen LogP contribution in [0.25, 0.3) is 0 Å². The summed E-state index contributed by atoms with van der Waals surface area (Å²) in [5, 5.41) is 5.95. The molecule has 0 fully saturated rings. The number of methoxy groups -OCH3 is 1. The fraction of sp³-hybridized carbons (Fsp3) is 0.222. The summed E-state index contributed by atoms with van der Waals surface area (Å²) in [6.07, 6.45) is 0. The molecule has 0 bridgehead atoms. The first-order valence-corrected chi connectivity index (χ1v) is 7.91. The Balaban J connectivity index is 1.95. The quantitative estimate of drug-likeness (QED) is 0.822. The number of hydrogen-bond acceptors (Lipinski definition) is 4. The van der Waals surface area contributed by atoms with Crippen LogP contribution in [0.2, 0.25) is 5.02 Å². The second kappa shape index (κ2) is 8.39. The SMILES string of the molecule is COc1cc(Cl)c(C)cc1NC(=O)COc1ccc(NC(C)=O)cc1. The van der Waals surface area contributed by atoms with E-state index in [9.17, 15) is 9.59 Å². The Morgan fingerprint density at radius 2 is 1.80 bits per heavy atom. The lowest BCUT2D eigenvalue weighted by Gasteiger charge is -2.13. The second-order valence-electron chi connectivity index (χ2n) is 5.34.